The van der Waals surface area contributed by atoms with Gasteiger partial charge in [-0.15, -0.1) is 0 Å². The number of aromatic nitrogens is 2. The third kappa shape index (κ3) is 3.18. The quantitative estimate of drug-likeness (QED) is 0.795. The van der Waals surface area contributed by atoms with E-state index in [0.29, 0.717) is 36.0 Å². The predicted octanol–water partition coefficient (Wildman–Crippen LogP) is 1.76. The lowest BCUT2D eigenvalue weighted by Gasteiger charge is -2.07. The molecule has 0 radical (unpaired) electrons. The number of hydrogen-bond acceptors (Lipinski definition) is 5. The monoisotopic (exact) mass is 253 g/mol. The molecular formula is C11H12ClN3O2. The molecule has 0 fully saturated rings. The highest BCUT2D eigenvalue weighted by Crippen LogP contribution is 2.24. The molecule has 0 aliphatic carbocycles. The van der Waals surface area contributed by atoms with E-state index in [-0.39, 0.29) is 5.75 Å². The molecule has 0 aliphatic heterocycles. The maximum atomic E-state index is 9.61. The van der Waals surface area contributed by atoms with E-state index in [1.165, 1.54) is 6.33 Å². The van der Waals surface area contributed by atoms with Crippen LogP contribution in [0.1, 0.15) is 11.5 Å². The van der Waals surface area contributed by atoms with Gasteiger partial charge in [-0.3, -0.25) is 0 Å². The number of phenols is 1. The molecule has 0 bridgehead atoms. The van der Waals surface area contributed by atoms with Gasteiger partial charge in [-0.25, -0.2) is 0 Å². The summed E-state index contributed by atoms with van der Waals surface area (Å²) in [7, 11) is 0. The maximum Gasteiger partial charge on any atom is 0.227 e. The van der Waals surface area contributed by atoms with Gasteiger partial charge in [-0.2, -0.15) is 4.98 Å². The van der Waals surface area contributed by atoms with Crippen molar-refractivity contribution in [2.45, 2.75) is 13.0 Å². The Kier molecular flexibility index (Phi) is 3.95. The molecule has 2 rings (SSSR count). The number of halogens is 1. The summed E-state index contributed by atoms with van der Waals surface area (Å²) in [5.74, 6) is 0.781. The number of aromatic hydroxyl groups is 1. The molecule has 1 aromatic carbocycles. The first-order valence-corrected chi connectivity index (χ1v) is 5.58. The third-order valence-corrected chi connectivity index (χ3v) is 2.67. The molecule has 0 aliphatic rings. The van der Waals surface area contributed by atoms with Crippen molar-refractivity contribution in [3.05, 3.63) is 41.0 Å². The Hall–Kier alpha value is -1.59. The van der Waals surface area contributed by atoms with Crippen LogP contribution in [0.4, 0.5) is 0 Å². The fourth-order valence-electron chi connectivity index (χ4n) is 1.44. The van der Waals surface area contributed by atoms with Crippen molar-refractivity contribution in [2.24, 2.45) is 0 Å². The molecular weight excluding hydrogens is 242 g/mol. The van der Waals surface area contributed by atoms with Gasteiger partial charge in [0.25, 0.3) is 0 Å². The van der Waals surface area contributed by atoms with Crippen LogP contribution in [0.5, 0.6) is 5.75 Å². The summed E-state index contributed by atoms with van der Waals surface area (Å²) in [6.07, 6.45) is 2.01. The van der Waals surface area contributed by atoms with Crippen LogP contribution in [-0.4, -0.2) is 21.8 Å². The fourth-order valence-corrected chi connectivity index (χ4v) is 1.67. The van der Waals surface area contributed by atoms with Crippen molar-refractivity contribution in [3.63, 3.8) is 0 Å². The molecule has 5 nitrogen and oxygen atoms in total. The van der Waals surface area contributed by atoms with Crippen LogP contribution in [0.2, 0.25) is 5.02 Å². The van der Waals surface area contributed by atoms with E-state index in [2.05, 4.69) is 15.5 Å². The van der Waals surface area contributed by atoms with Crippen LogP contribution in [0.25, 0.3) is 0 Å². The minimum absolute atomic E-state index is 0.197. The number of rotatable bonds is 5. The maximum absolute atomic E-state index is 9.61. The first kappa shape index (κ1) is 11.9. The highest BCUT2D eigenvalue weighted by molar-refractivity contribution is 6.31. The van der Waals surface area contributed by atoms with Gasteiger partial charge < -0.3 is 14.9 Å². The highest BCUT2D eigenvalue weighted by atomic mass is 35.5. The Morgan fingerprint density at radius 3 is 3.00 bits per heavy atom. The van der Waals surface area contributed by atoms with Crippen molar-refractivity contribution in [1.29, 1.82) is 0 Å². The fraction of sp³-hybridized carbons (Fsp3) is 0.273. The Morgan fingerprint density at radius 2 is 2.29 bits per heavy atom. The zero-order chi connectivity index (χ0) is 12.1. The van der Waals surface area contributed by atoms with E-state index in [1.54, 1.807) is 18.2 Å². The number of benzene rings is 1. The summed E-state index contributed by atoms with van der Waals surface area (Å²) in [5.41, 5.74) is 0.694. The van der Waals surface area contributed by atoms with Crippen LogP contribution in [0.15, 0.2) is 29.0 Å². The summed E-state index contributed by atoms with van der Waals surface area (Å²) < 4.78 is 4.86. The van der Waals surface area contributed by atoms with Crippen LogP contribution in [-0.2, 0) is 13.0 Å². The Balaban J connectivity index is 1.82. The molecule has 0 spiro atoms. The molecule has 90 valence electrons. The largest absolute Gasteiger partial charge is 0.508 e. The lowest BCUT2D eigenvalue weighted by Crippen LogP contribution is -2.17. The van der Waals surface area contributed by atoms with E-state index in [9.17, 15) is 5.11 Å². The Labute approximate surface area is 103 Å². The SMILES string of the molecule is Oc1cccc(Cl)c1CNCCc1ncno1. The zero-order valence-corrected chi connectivity index (χ0v) is 9.81. The summed E-state index contributed by atoms with van der Waals surface area (Å²) in [5, 5.41) is 16.8. The highest BCUT2D eigenvalue weighted by Gasteiger charge is 2.05. The molecule has 1 aromatic heterocycles. The second-order valence-corrected chi connectivity index (χ2v) is 3.91. The molecule has 2 aromatic rings. The van der Waals surface area contributed by atoms with Crippen LogP contribution < -0.4 is 5.32 Å². The molecule has 0 amide bonds. The second kappa shape index (κ2) is 5.65. The molecule has 0 atom stereocenters. The summed E-state index contributed by atoms with van der Waals surface area (Å²) in [6, 6.07) is 5.07. The smallest absolute Gasteiger partial charge is 0.227 e. The molecule has 0 saturated heterocycles. The van der Waals surface area contributed by atoms with Crippen molar-refractivity contribution >= 4 is 11.6 Å². The normalized spacial score (nSPS) is 10.6. The molecule has 17 heavy (non-hydrogen) atoms. The molecule has 6 heteroatoms. The van der Waals surface area contributed by atoms with Crippen molar-refractivity contribution in [3.8, 4) is 5.75 Å². The van der Waals surface area contributed by atoms with Crippen LogP contribution >= 0.6 is 11.6 Å². The molecule has 1 heterocycles. The summed E-state index contributed by atoms with van der Waals surface area (Å²) in [6.45, 7) is 1.17. The van der Waals surface area contributed by atoms with Gasteiger partial charge >= 0.3 is 0 Å². The van der Waals surface area contributed by atoms with Gasteiger partial charge in [0.05, 0.1) is 0 Å². The van der Waals surface area contributed by atoms with E-state index >= 15 is 0 Å². The second-order valence-electron chi connectivity index (χ2n) is 3.50. The zero-order valence-electron chi connectivity index (χ0n) is 9.06. The van der Waals surface area contributed by atoms with E-state index in [1.807, 2.05) is 0 Å². The average molecular weight is 254 g/mol. The standard InChI is InChI=1S/C11H12ClN3O2/c12-9-2-1-3-10(16)8(9)6-13-5-4-11-14-7-15-17-11/h1-3,7,13,16H,4-6H2. The number of nitrogens with zero attached hydrogens (tertiary/aromatic N) is 2. The minimum atomic E-state index is 0.197. The van der Waals surface area contributed by atoms with Gasteiger partial charge in [0.15, 0.2) is 6.33 Å². The summed E-state index contributed by atoms with van der Waals surface area (Å²) in [4.78, 5) is 3.90. The number of hydrogen-bond donors (Lipinski definition) is 2. The number of nitrogens with one attached hydrogen (secondary N) is 1. The lowest BCUT2D eigenvalue weighted by atomic mass is 10.2. The third-order valence-electron chi connectivity index (χ3n) is 2.32. The van der Waals surface area contributed by atoms with Crippen LogP contribution in [0.3, 0.4) is 0 Å². The average Bonchev–Trinajstić information content (AvgIpc) is 2.80. The molecule has 0 saturated carbocycles. The van der Waals surface area contributed by atoms with Crippen molar-refractivity contribution < 1.29 is 9.63 Å². The van der Waals surface area contributed by atoms with Gasteiger partial charge in [-0.05, 0) is 12.1 Å². The van der Waals surface area contributed by atoms with E-state index in [4.69, 9.17) is 16.1 Å². The van der Waals surface area contributed by atoms with Gasteiger partial charge in [-0.1, -0.05) is 22.8 Å². The van der Waals surface area contributed by atoms with Crippen molar-refractivity contribution in [2.75, 3.05) is 6.54 Å². The van der Waals surface area contributed by atoms with Gasteiger partial charge in [0.1, 0.15) is 5.75 Å². The molecule has 0 unspecified atom stereocenters. The van der Waals surface area contributed by atoms with Gasteiger partial charge in [0, 0.05) is 30.1 Å². The van der Waals surface area contributed by atoms with E-state index < -0.39 is 0 Å². The van der Waals surface area contributed by atoms with Gasteiger partial charge in [0.2, 0.25) is 5.89 Å². The summed E-state index contributed by atoms with van der Waals surface area (Å²) >= 11 is 5.97. The Bertz CT molecular complexity index is 453. The first-order chi connectivity index (χ1) is 8.27. The Morgan fingerprint density at radius 1 is 1.41 bits per heavy atom. The predicted molar refractivity (Wildman–Crippen MR) is 62.8 cm³/mol. The van der Waals surface area contributed by atoms with Crippen molar-refractivity contribution in [1.82, 2.24) is 15.5 Å². The number of phenolic OH excluding ortho intramolecular Hbond substituents is 1. The lowest BCUT2D eigenvalue weighted by molar-refractivity contribution is 0.374. The first-order valence-electron chi connectivity index (χ1n) is 5.20. The minimum Gasteiger partial charge on any atom is -0.508 e. The van der Waals surface area contributed by atoms with Crippen LogP contribution in [0, 0.1) is 0 Å². The van der Waals surface area contributed by atoms with E-state index in [0.717, 1.165) is 0 Å². The molecule has 2 N–H and O–H groups in total. The topological polar surface area (TPSA) is 71.2 Å².